The van der Waals surface area contributed by atoms with Crippen molar-refractivity contribution < 1.29 is 39.6 Å². The molecule has 334 valence electrons. The minimum absolute atomic E-state index is 0.0355. The summed E-state index contributed by atoms with van der Waals surface area (Å²) in [6.45, 7) is 7.41. The summed E-state index contributed by atoms with van der Waals surface area (Å²) < 4.78 is 118. The van der Waals surface area contributed by atoms with Crippen LogP contribution in [0.25, 0.3) is 44.3 Å². The van der Waals surface area contributed by atoms with Gasteiger partial charge in [0.25, 0.3) is 10.0 Å². The first-order valence-electron chi connectivity index (χ1n) is 20.5. The van der Waals surface area contributed by atoms with Gasteiger partial charge >= 0.3 is 12.4 Å². The van der Waals surface area contributed by atoms with E-state index >= 15 is 0 Å². The third-order valence-electron chi connectivity index (χ3n) is 11.6. The SMILES string of the molecule is CCC(=O)N[C@@H]1CNC[C@H](Nc2ncc(C(F)(F)F)c(-c3c[nH]c4c(S(=O)(=O)n5cc(-c6nc(N[C@H]7CC[C@H](C(C)C)NC7)ncc6C(F)(F)F)c6ccccc65)cccc34)n2)C1. The van der Waals surface area contributed by atoms with Crippen molar-refractivity contribution in [1.82, 2.24) is 44.8 Å². The zero-order chi connectivity index (χ0) is 44.8. The number of piperidine rings is 2. The van der Waals surface area contributed by atoms with Crippen LogP contribution in [0.2, 0.25) is 0 Å². The summed E-state index contributed by atoms with van der Waals surface area (Å²) in [6.07, 6.45) is -3.88. The number of alkyl halides is 6. The van der Waals surface area contributed by atoms with Crippen LogP contribution in [0.15, 0.2) is 72.1 Å². The van der Waals surface area contributed by atoms with Crippen molar-refractivity contribution in [2.45, 2.75) is 87.9 Å². The van der Waals surface area contributed by atoms with Crippen molar-refractivity contribution >= 4 is 49.6 Å². The van der Waals surface area contributed by atoms with Gasteiger partial charge in [-0.3, -0.25) is 4.79 Å². The first-order chi connectivity index (χ1) is 29.9. The third kappa shape index (κ3) is 8.90. The number of halogens is 6. The maximum atomic E-state index is 14.8. The molecule has 4 aromatic heterocycles. The van der Waals surface area contributed by atoms with E-state index in [-0.39, 0.29) is 73.8 Å². The van der Waals surface area contributed by atoms with Gasteiger partial charge in [0.1, 0.15) is 16.0 Å². The molecule has 1 amide bonds. The summed E-state index contributed by atoms with van der Waals surface area (Å²) in [7, 11) is -4.69. The van der Waals surface area contributed by atoms with E-state index in [0.717, 1.165) is 23.0 Å². The zero-order valence-corrected chi connectivity index (χ0v) is 35.1. The van der Waals surface area contributed by atoms with E-state index in [9.17, 15) is 39.6 Å². The molecule has 21 heteroatoms. The summed E-state index contributed by atoms with van der Waals surface area (Å²) in [6, 6.07) is 9.62. The molecule has 2 aliphatic heterocycles. The summed E-state index contributed by atoms with van der Waals surface area (Å²) >= 11 is 0. The number of fused-ring (bicyclic) bond motifs is 2. The first-order valence-corrected chi connectivity index (χ1v) is 22.0. The monoisotopic (exact) mass is 897 g/mol. The number of aromatic nitrogens is 6. The number of carbonyl (C=O) groups is 1. The number of para-hydroxylation sites is 2. The number of hydrogen-bond acceptors (Lipinski definition) is 11. The largest absolute Gasteiger partial charge is 0.419 e. The maximum Gasteiger partial charge on any atom is 0.419 e. The molecule has 0 spiro atoms. The first kappa shape index (κ1) is 43.8. The number of hydrogen-bond donors (Lipinski definition) is 6. The van der Waals surface area contributed by atoms with Gasteiger partial charge in [-0.1, -0.05) is 51.1 Å². The average Bonchev–Trinajstić information content (AvgIpc) is 3.86. The standard InChI is InChI=1S/C42H45F6N11O3S/c1-4-35(60)54-24-14-25(16-49-15-24)56-40-53-19-30(41(43,44)45)36(57-40)28-18-51-38-27(28)9-7-11-34(38)63(61,62)59-21-29(26-8-5-6-10-33(26)59)37-31(42(46,47)48)20-52-39(58-37)55-23-12-13-32(22(2)3)50-17-23/h5-11,18-25,32,49-51H,4,12-17H2,1-3H3,(H,54,60)(H,52,55,58)(H,53,56,57)/t23-,24-,25+,32+/m0/s1. The van der Waals surface area contributed by atoms with Crippen LogP contribution in [-0.4, -0.2) is 87.0 Å². The Morgan fingerprint density at radius 2 is 1.46 bits per heavy atom. The second kappa shape index (κ2) is 17.1. The van der Waals surface area contributed by atoms with Gasteiger partial charge in [-0.25, -0.2) is 32.3 Å². The van der Waals surface area contributed by atoms with E-state index in [2.05, 4.69) is 65.4 Å². The molecule has 14 nitrogen and oxygen atoms in total. The lowest BCUT2D eigenvalue weighted by Gasteiger charge is -2.32. The molecule has 2 fully saturated rings. The van der Waals surface area contributed by atoms with Crippen LogP contribution in [0.4, 0.5) is 38.2 Å². The van der Waals surface area contributed by atoms with Crippen LogP contribution < -0.4 is 26.6 Å². The Kier molecular flexibility index (Phi) is 11.9. The fourth-order valence-electron chi connectivity index (χ4n) is 8.34. The Hall–Kier alpha value is -5.80. The van der Waals surface area contributed by atoms with Crippen molar-refractivity contribution in [3.05, 3.63) is 78.4 Å². The highest BCUT2D eigenvalue weighted by Crippen LogP contribution is 2.43. The van der Waals surface area contributed by atoms with E-state index in [4.69, 9.17) is 0 Å². The third-order valence-corrected chi connectivity index (χ3v) is 13.3. The van der Waals surface area contributed by atoms with Gasteiger partial charge in [-0.2, -0.15) is 26.3 Å². The van der Waals surface area contributed by atoms with Gasteiger partial charge in [0, 0.05) is 96.9 Å². The number of amides is 1. The Morgan fingerprint density at radius 3 is 2.10 bits per heavy atom. The molecule has 2 saturated heterocycles. The van der Waals surface area contributed by atoms with Crippen LogP contribution >= 0.6 is 0 Å². The number of H-pyrrole nitrogens is 1. The lowest BCUT2D eigenvalue weighted by molar-refractivity contribution is -0.138. The number of aromatic amines is 1. The van der Waals surface area contributed by atoms with E-state index in [1.165, 1.54) is 42.6 Å². The van der Waals surface area contributed by atoms with Crippen LogP contribution in [0.3, 0.4) is 0 Å². The van der Waals surface area contributed by atoms with Gasteiger partial charge in [-0.05, 0) is 37.3 Å². The maximum absolute atomic E-state index is 14.8. The van der Waals surface area contributed by atoms with Crippen molar-refractivity contribution in [3.63, 3.8) is 0 Å². The fourth-order valence-corrected chi connectivity index (χ4v) is 9.89. The molecule has 0 radical (unpaired) electrons. The molecule has 6 aromatic rings. The minimum Gasteiger partial charge on any atom is -0.359 e. The van der Waals surface area contributed by atoms with Crippen LogP contribution in [0, 0.1) is 5.92 Å². The lowest BCUT2D eigenvalue weighted by Crippen LogP contribution is -2.52. The molecule has 2 aliphatic rings. The topological polar surface area (TPSA) is 184 Å². The Bertz CT molecular complexity index is 2760. The summed E-state index contributed by atoms with van der Waals surface area (Å²) in [5, 5.41) is 16.0. The molecule has 0 bridgehead atoms. The highest BCUT2D eigenvalue weighted by molar-refractivity contribution is 7.90. The number of rotatable bonds is 11. The van der Waals surface area contributed by atoms with Crippen molar-refractivity contribution in [2.24, 2.45) is 5.92 Å². The van der Waals surface area contributed by atoms with E-state index in [1.54, 1.807) is 13.0 Å². The summed E-state index contributed by atoms with van der Waals surface area (Å²) in [5.41, 5.74) is -3.63. The molecular formula is C42H45F6N11O3S. The molecule has 0 unspecified atom stereocenters. The van der Waals surface area contributed by atoms with Gasteiger partial charge < -0.3 is 31.6 Å². The smallest absolute Gasteiger partial charge is 0.359 e. The predicted octanol–water partition coefficient (Wildman–Crippen LogP) is 7.17. The molecule has 8 rings (SSSR count). The molecule has 6 heterocycles. The van der Waals surface area contributed by atoms with Gasteiger partial charge in [0.15, 0.2) is 0 Å². The zero-order valence-electron chi connectivity index (χ0n) is 34.3. The highest BCUT2D eigenvalue weighted by atomic mass is 32.2. The number of carbonyl (C=O) groups excluding carboxylic acids is 1. The fraction of sp³-hybridized carbons (Fsp3) is 0.405. The molecule has 2 aromatic carbocycles. The normalized spacial score (nSPS) is 20.0. The second-order valence-corrected chi connectivity index (χ2v) is 18.0. The van der Waals surface area contributed by atoms with Crippen molar-refractivity contribution in [3.8, 4) is 22.5 Å². The minimum atomic E-state index is -4.91. The summed E-state index contributed by atoms with van der Waals surface area (Å²) in [5.74, 6) is 0.0841. The molecule has 63 heavy (non-hydrogen) atoms. The van der Waals surface area contributed by atoms with Crippen molar-refractivity contribution in [1.29, 1.82) is 0 Å². The Balaban J connectivity index is 1.17. The predicted molar refractivity (Wildman–Crippen MR) is 225 cm³/mol. The molecule has 0 saturated carbocycles. The number of nitrogens with one attached hydrogen (secondary N) is 6. The molecular weight excluding hydrogens is 853 g/mol. The van der Waals surface area contributed by atoms with E-state index < -0.39 is 44.9 Å². The Morgan fingerprint density at radius 1 is 0.825 bits per heavy atom. The molecule has 6 N–H and O–H groups in total. The van der Waals surface area contributed by atoms with Gasteiger partial charge in [0.05, 0.1) is 22.4 Å². The number of nitrogens with zero attached hydrogens (tertiary/aromatic N) is 5. The van der Waals surface area contributed by atoms with Crippen LogP contribution in [-0.2, 0) is 27.2 Å². The summed E-state index contributed by atoms with van der Waals surface area (Å²) in [4.78, 5) is 31.1. The van der Waals surface area contributed by atoms with E-state index in [1.807, 2.05) is 0 Å². The number of anilines is 2. The van der Waals surface area contributed by atoms with E-state index in [0.29, 0.717) is 56.8 Å². The number of benzene rings is 2. The molecule has 0 aliphatic carbocycles. The average molecular weight is 898 g/mol. The quantitative estimate of drug-likeness (QED) is 0.0726. The lowest BCUT2D eigenvalue weighted by atomic mass is 9.93. The van der Waals surface area contributed by atoms with Crippen LogP contribution in [0.5, 0.6) is 0 Å². The van der Waals surface area contributed by atoms with Crippen molar-refractivity contribution in [2.75, 3.05) is 30.3 Å². The molecule has 4 atom stereocenters. The second-order valence-electron chi connectivity index (χ2n) is 16.2. The van der Waals surface area contributed by atoms with Crippen LogP contribution in [0.1, 0.15) is 57.6 Å². The van der Waals surface area contributed by atoms with Gasteiger partial charge in [0.2, 0.25) is 17.8 Å². The van der Waals surface area contributed by atoms with Gasteiger partial charge in [-0.15, -0.1) is 0 Å². The Labute approximate surface area is 358 Å². The highest BCUT2D eigenvalue weighted by Gasteiger charge is 2.39.